The number of carboxylic acids is 1. The Morgan fingerprint density at radius 2 is 1.68 bits per heavy atom. The zero-order valence-corrected chi connectivity index (χ0v) is 18.1. The van der Waals surface area contributed by atoms with Gasteiger partial charge < -0.3 is 20.5 Å². The summed E-state index contributed by atoms with van der Waals surface area (Å²) in [5.41, 5.74) is 1.07. The first kappa shape index (κ1) is 25.8. The maximum atomic E-state index is 12.7. The predicted molar refractivity (Wildman–Crippen MR) is 112 cm³/mol. The van der Waals surface area contributed by atoms with Crippen molar-refractivity contribution in [1.82, 2.24) is 10.6 Å². The first-order valence-corrected chi connectivity index (χ1v) is 10.1. The average molecular weight is 434 g/mol. The highest BCUT2D eigenvalue weighted by molar-refractivity contribution is 5.94. The molecule has 0 aliphatic heterocycles. The van der Waals surface area contributed by atoms with E-state index in [1.807, 2.05) is 30.3 Å². The number of nitrogens with one attached hydrogen (secondary N) is 2. The molecule has 0 aliphatic rings. The van der Waals surface area contributed by atoms with Gasteiger partial charge in [-0.1, -0.05) is 44.2 Å². The molecule has 1 aromatic carbocycles. The van der Waals surface area contributed by atoms with Gasteiger partial charge in [0.2, 0.25) is 11.8 Å². The summed E-state index contributed by atoms with van der Waals surface area (Å²) in [5, 5.41) is 14.2. The number of carboxylic acid groups (broad SMARTS) is 1. The monoisotopic (exact) mass is 434 g/mol. The molecule has 0 fully saturated rings. The molecule has 1 aromatic rings. The number of carbonyl (C=O) groups is 5. The second-order valence-electron chi connectivity index (χ2n) is 7.55. The summed E-state index contributed by atoms with van der Waals surface area (Å²) >= 11 is 0. The van der Waals surface area contributed by atoms with Crippen molar-refractivity contribution >= 4 is 29.5 Å². The van der Waals surface area contributed by atoms with Gasteiger partial charge in [0, 0.05) is 25.8 Å². The number of esters is 1. The number of ether oxygens (including phenoxy) is 1. The number of hydrogen-bond donors (Lipinski definition) is 3. The van der Waals surface area contributed by atoms with Gasteiger partial charge in [-0.15, -0.1) is 0 Å². The lowest BCUT2D eigenvalue weighted by Crippen LogP contribution is -2.48. The van der Waals surface area contributed by atoms with Gasteiger partial charge in [0.25, 0.3) is 0 Å². The second-order valence-corrected chi connectivity index (χ2v) is 7.55. The van der Waals surface area contributed by atoms with Crippen LogP contribution in [0.1, 0.15) is 39.2 Å². The fourth-order valence-corrected chi connectivity index (χ4v) is 2.87. The smallest absolute Gasteiger partial charge is 0.305 e. The SMILES string of the molecule is CC(=O)OCC(=O)C(CC(=O)O)NC(=O)C(CC(=O)NCCc1ccccc1)C(C)C. The van der Waals surface area contributed by atoms with Gasteiger partial charge in [-0.3, -0.25) is 24.0 Å². The third kappa shape index (κ3) is 10.4. The summed E-state index contributed by atoms with van der Waals surface area (Å²) in [4.78, 5) is 59.2. The van der Waals surface area contributed by atoms with Crippen LogP contribution in [0.15, 0.2) is 30.3 Å². The Morgan fingerprint density at radius 1 is 1.03 bits per heavy atom. The minimum absolute atomic E-state index is 0.101. The van der Waals surface area contributed by atoms with E-state index in [0.29, 0.717) is 13.0 Å². The molecule has 2 atom stereocenters. The van der Waals surface area contributed by atoms with Gasteiger partial charge in [-0.25, -0.2) is 0 Å². The number of amides is 2. The Balaban J connectivity index is 2.67. The largest absolute Gasteiger partial charge is 0.481 e. The van der Waals surface area contributed by atoms with Gasteiger partial charge in [-0.2, -0.15) is 0 Å². The van der Waals surface area contributed by atoms with E-state index in [1.165, 1.54) is 0 Å². The van der Waals surface area contributed by atoms with Crippen LogP contribution in [0, 0.1) is 11.8 Å². The molecule has 0 aromatic heterocycles. The quantitative estimate of drug-likeness (QED) is 0.395. The van der Waals surface area contributed by atoms with Crippen LogP contribution in [-0.2, 0) is 35.1 Å². The number of rotatable bonds is 13. The molecule has 0 saturated heterocycles. The molecule has 31 heavy (non-hydrogen) atoms. The zero-order valence-electron chi connectivity index (χ0n) is 18.1. The van der Waals surface area contributed by atoms with E-state index >= 15 is 0 Å². The molecule has 2 amide bonds. The fraction of sp³-hybridized carbons (Fsp3) is 0.500. The molecular weight excluding hydrogens is 404 g/mol. The van der Waals surface area contributed by atoms with E-state index in [1.54, 1.807) is 13.8 Å². The second kappa shape index (κ2) is 13.1. The van der Waals surface area contributed by atoms with Crippen LogP contribution in [-0.4, -0.2) is 53.8 Å². The van der Waals surface area contributed by atoms with Crippen LogP contribution < -0.4 is 10.6 Å². The summed E-state index contributed by atoms with van der Waals surface area (Å²) in [6.07, 6.45) is -0.105. The Bertz CT molecular complexity index is 777. The average Bonchev–Trinajstić information content (AvgIpc) is 2.69. The van der Waals surface area contributed by atoms with Crippen molar-refractivity contribution in [2.24, 2.45) is 11.8 Å². The van der Waals surface area contributed by atoms with Crippen LogP contribution in [0.25, 0.3) is 0 Å². The maximum Gasteiger partial charge on any atom is 0.305 e. The molecule has 0 spiro atoms. The van der Waals surface area contributed by atoms with Gasteiger partial charge >= 0.3 is 11.9 Å². The molecule has 170 valence electrons. The van der Waals surface area contributed by atoms with Crippen molar-refractivity contribution in [2.45, 2.75) is 46.1 Å². The van der Waals surface area contributed by atoms with Gasteiger partial charge in [0.1, 0.15) is 6.04 Å². The van der Waals surface area contributed by atoms with Crippen molar-refractivity contribution in [3.8, 4) is 0 Å². The van der Waals surface area contributed by atoms with Crippen molar-refractivity contribution in [3.63, 3.8) is 0 Å². The number of aliphatic carboxylic acids is 1. The van der Waals surface area contributed by atoms with Crippen LogP contribution in [0.5, 0.6) is 0 Å². The molecule has 9 heteroatoms. The van der Waals surface area contributed by atoms with Crippen LogP contribution >= 0.6 is 0 Å². The molecule has 0 aliphatic carbocycles. The summed E-state index contributed by atoms with van der Waals surface area (Å²) < 4.78 is 4.60. The first-order chi connectivity index (χ1) is 14.6. The molecule has 3 N–H and O–H groups in total. The molecule has 0 heterocycles. The lowest BCUT2D eigenvalue weighted by Gasteiger charge is -2.23. The summed E-state index contributed by atoms with van der Waals surface area (Å²) in [6, 6.07) is 8.27. The fourth-order valence-electron chi connectivity index (χ4n) is 2.87. The van der Waals surface area contributed by atoms with E-state index in [9.17, 15) is 24.0 Å². The topological polar surface area (TPSA) is 139 Å². The zero-order chi connectivity index (χ0) is 23.4. The van der Waals surface area contributed by atoms with Crippen molar-refractivity contribution in [1.29, 1.82) is 0 Å². The molecule has 0 bridgehead atoms. The summed E-state index contributed by atoms with van der Waals surface area (Å²) in [5.74, 6) is -4.62. The van der Waals surface area contributed by atoms with Gasteiger partial charge in [0.15, 0.2) is 12.4 Å². The normalized spacial score (nSPS) is 12.5. The number of hydrogen-bond acceptors (Lipinski definition) is 6. The number of benzene rings is 1. The molecule has 2 unspecified atom stereocenters. The van der Waals surface area contributed by atoms with Crippen molar-refractivity contribution < 1.29 is 33.8 Å². The molecule has 9 nitrogen and oxygen atoms in total. The van der Waals surface area contributed by atoms with Crippen LogP contribution in [0.3, 0.4) is 0 Å². The predicted octanol–water partition coefficient (Wildman–Crippen LogP) is 1.10. The van der Waals surface area contributed by atoms with Gasteiger partial charge in [0.05, 0.1) is 6.42 Å². The lowest BCUT2D eigenvalue weighted by molar-refractivity contribution is -0.147. The third-order valence-corrected chi connectivity index (χ3v) is 4.63. The Morgan fingerprint density at radius 3 is 2.23 bits per heavy atom. The standard InChI is InChI=1S/C22H30N2O7/c1-14(2)17(11-20(27)23-10-9-16-7-5-4-6-8-16)22(30)24-18(12-21(28)29)19(26)13-31-15(3)25/h4-8,14,17-18H,9-13H2,1-3H3,(H,23,27)(H,24,30)(H,28,29). The Kier molecular flexibility index (Phi) is 10.9. The molecule has 0 radical (unpaired) electrons. The van der Waals surface area contributed by atoms with E-state index in [4.69, 9.17) is 5.11 Å². The van der Waals surface area contributed by atoms with Crippen molar-refractivity contribution in [2.75, 3.05) is 13.2 Å². The number of ketones is 1. The van der Waals surface area contributed by atoms with Gasteiger partial charge in [-0.05, 0) is 17.9 Å². The number of carbonyl (C=O) groups excluding carboxylic acids is 4. The highest BCUT2D eigenvalue weighted by atomic mass is 16.5. The maximum absolute atomic E-state index is 12.7. The third-order valence-electron chi connectivity index (χ3n) is 4.63. The lowest BCUT2D eigenvalue weighted by atomic mass is 9.90. The van der Waals surface area contributed by atoms with E-state index in [0.717, 1.165) is 12.5 Å². The Labute approximate surface area is 181 Å². The molecule has 1 rings (SSSR count). The van der Waals surface area contributed by atoms with E-state index in [2.05, 4.69) is 15.4 Å². The summed E-state index contributed by atoms with van der Waals surface area (Å²) in [6.45, 7) is 4.41. The summed E-state index contributed by atoms with van der Waals surface area (Å²) in [7, 11) is 0. The molecule has 0 saturated carbocycles. The Hall–Kier alpha value is -3.23. The molecular formula is C22H30N2O7. The van der Waals surface area contributed by atoms with Crippen LogP contribution in [0.4, 0.5) is 0 Å². The van der Waals surface area contributed by atoms with Crippen molar-refractivity contribution in [3.05, 3.63) is 35.9 Å². The van der Waals surface area contributed by atoms with E-state index < -0.39 is 48.6 Å². The minimum atomic E-state index is -1.35. The minimum Gasteiger partial charge on any atom is -0.481 e. The number of Topliss-reactive ketones (excluding diaryl/α,β-unsaturated/α-hetero) is 1. The first-order valence-electron chi connectivity index (χ1n) is 10.1. The van der Waals surface area contributed by atoms with E-state index in [-0.39, 0.29) is 18.2 Å². The highest BCUT2D eigenvalue weighted by Crippen LogP contribution is 2.16. The highest BCUT2D eigenvalue weighted by Gasteiger charge is 2.30. The van der Waals surface area contributed by atoms with Crippen LogP contribution in [0.2, 0.25) is 0 Å².